The van der Waals surface area contributed by atoms with Gasteiger partial charge in [-0.3, -0.25) is 9.69 Å². The Morgan fingerprint density at radius 2 is 1.32 bits per heavy atom. The zero-order chi connectivity index (χ0) is 29.6. The van der Waals surface area contributed by atoms with Gasteiger partial charge < -0.3 is 13.7 Å². The first kappa shape index (κ1) is 29.3. The molecular weight excluding hydrogens is 545 g/mol. The van der Waals surface area contributed by atoms with Crippen molar-refractivity contribution < 1.29 is 18.8 Å². The molecule has 2 saturated heterocycles. The summed E-state index contributed by atoms with van der Waals surface area (Å²) < 4.78 is 15.1. The fourth-order valence-electron chi connectivity index (χ4n) is 6.73. The molecule has 2 fully saturated rings. The number of rotatable bonds is 8. The standard InChI is InChI=1S/C33H42N2O4Si2/c1-24(39-41(33(2,3)4,26-19-13-9-14-20-26)27-21-15-10-16-22-27)29-30(31(36)35(29)40(5,6)7)34-28(23-38-32(34)37)25-17-11-8-12-18-25/h8-22,24,28-30H,23H2,1-7H3/t24-,28+,29+,30+/m0/s1. The van der Waals surface area contributed by atoms with Crippen molar-refractivity contribution >= 4 is 38.9 Å². The van der Waals surface area contributed by atoms with E-state index < -0.39 is 28.7 Å². The van der Waals surface area contributed by atoms with E-state index in [2.05, 4.69) is 95.9 Å². The number of amides is 2. The van der Waals surface area contributed by atoms with Gasteiger partial charge in [-0.1, -0.05) is 131 Å². The van der Waals surface area contributed by atoms with Gasteiger partial charge in [0.05, 0.1) is 18.2 Å². The third kappa shape index (κ3) is 5.06. The molecule has 3 aromatic carbocycles. The van der Waals surface area contributed by atoms with E-state index in [0.29, 0.717) is 0 Å². The van der Waals surface area contributed by atoms with E-state index in [4.69, 9.17) is 9.16 Å². The maximum Gasteiger partial charge on any atom is 0.411 e. The molecule has 0 N–H and O–H groups in total. The van der Waals surface area contributed by atoms with Gasteiger partial charge in [-0.15, -0.1) is 0 Å². The minimum Gasteiger partial charge on any atom is -0.447 e. The molecular formula is C33H42N2O4Si2. The largest absolute Gasteiger partial charge is 0.447 e. The van der Waals surface area contributed by atoms with Gasteiger partial charge in [0, 0.05) is 0 Å². The Balaban J connectivity index is 1.60. The average molecular weight is 587 g/mol. The van der Waals surface area contributed by atoms with Gasteiger partial charge in [-0.05, 0) is 27.9 Å². The Kier molecular flexibility index (Phi) is 7.78. The molecule has 0 bridgehead atoms. The third-order valence-corrected chi connectivity index (χ3v) is 15.6. The zero-order valence-electron chi connectivity index (χ0n) is 25.2. The molecule has 41 heavy (non-hydrogen) atoms. The van der Waals surface area contributed by atoms with E-state index in [1.807, 2.05) is 47.0 Å². The Hall–Kier alpha value is -3.21. The first-order valence-corrected chi connectivity index (χ1v) is 19.9. The smallest absolute Gasteiger partial charge is 0.411 e. The number of cyclic esters (lactones) is 1. The summed E-state index contributed by atoms with van der Waals surface area (Å²) in [6.45, 7) is 15.6. The first-order chi connectivity index (χ1) is 19.4. The molecule has 0 unspecified atom stereocenters. The Morgan fingerprint density at radius 3 is 1.78 bits per heavy atom. The number of ether oxygens (including phenoxy) is 1. The van der Waals surface area contributed by atoms with Crippen LogP contribution in [-0.2, 0) is 14.0 Å². The molecule has 2 aliphatic heterocycles. The fourth-order valence-corrected chi connectivity index (χ4v) is 13.5. The summed E-state index contributed by atoms with van der Waals surface area (Å²) in [4.78, 5) is 28.9. The highest BCUT2D eigenvalue weighted by Crippen LogP contribution is 2.43. The van der Waals surface area contributed by atoms with Crippen molar-refractivity contribution in [3.8, 4) is 0 Å². The van der Waals surface area contributed by atoms with Gasteiger partial charge in [-0.25, -0.2) is 4.79 Å². The zero-order valence-corrected chi connectivity index (χ0v) is 27.2. The summed E-state index contributed by atoms with van der Waals surface area (Å²) in [6.07, 6.45) is -0.768. The van der Waals surface area contributed by atoms with Crippen LogP contribution in [0.2, 0.25) is 24.7 Å². The van der Waals surface area contributed by atoms with Crippen LogP contribution >= 0.6 is 0 Å². The minimum atomic E-state index is -2.89. The Morgan fingerprint density at radius 1 is 0.829 bits per heavy atom. The molecule has 0 aliphatic carbocycles. The number of hydrogen-bond acceptors (Lipinski definition) is 4. The van der Waals surface area contributed by atoms with Crippen LogP contribution < -0.4 is 10.4 Å². The molecule has 0 saturated carbocycles. The van der Waals surface area contributed by atoms with Crippen LogP contribution in [0.15, 0.2) is 91.0 Å². The number of β-lactam (4-membered cyclic amide) rings is 1. The van der Waals surface area contributed by atoms with Crippen LogP contribution in [0.25, 0.3) is 0 Å². The summed E-state index contributed by atoms with van der Waals surface area (Å²) in [5.74, 6) is -0.00755. The van der Waals surface area contributed by atoms with Gasteiger partial charge in [0.15, 0.2) is 8.24 Å². The van der Waals surface area contributed by atoms with Gasteiger partial charge >= 0.3 is 6.09 Å². The normalized spacial score (nSPS) is 22.4. The topological polar surface area (TPSA) is 59.1 Å². The van der Waals surface area contributed by atoms with Crippen LogP contribution in [0.5, 0.6) is 0 Å². The molecule has 0 spiro atoms. The molecule has 4 atom stereocenters. The third-order valence-electron chi connectivity index (χ3n) is 8.49. The second-order valence-corrected chi connectivity index (χ2v) is 22.3. The molecule has 2 heterocycles. The van der Waals surface area contributed by atoms with E-state index >= 15 is 0 Å². The molecule has 3 aromatic rings. The molecule has 5 rings (SSSR count). The molecule has 2 aliphatic rings. The second-order valence-electron chi connectivity index (χ2n) is 13.2. The highest BCUT2D eigenvalue weighted by Gasteiger charge is 2.62. The monoisotopic (exact) mass is 586 g/mol. The van der Waals surface area contributed by atoms with Crippen molar-refractivity contribution in [2.24, 2.45) is 0 Å². The van der Waals surface area contributed by atoms with Crippen molar-refractivity contribution in [2.45, 2.75) is 76.6 Å². The predicted octanol–water partition coefficient (Wildman–Crippen LogP) is 5.56. The summed E-state index contributed by atoms with van der Waals surface area (Å²) in [5, 5.41) is 2.17. The molecule has 2 amide bonds. The van der Waals surface area contributed by atoms with Crippen molar-refractivity contribution in [3.05, 3.63) is 96.6 Å². The number of carbonyl (C=O) groups excluding carboxylic acids is 2. The molecule has 6 nitrogen and oxygen atoms in total. The second kappa shape index (κ2) is 10.9. The van der Waals surface area contributed by atoms with Crippen molar-refractivity contribution in [1.82, 2.24) is 9.47 Å². The van der Waals surface area contributed by atoms with E-state index in [0.717, 1.165) is 5.56 Å². The lowest BCUT2D eigenvalue weighted by atomic mass is 9.91. The number of hydrogen-bond donors (Lipinski definition) is 0. The van der Waals surface area contributed by atoms with E-state index in [-0.39, 0.29) is 35.7 Å². The summed E-state index contributed by atoms with van der Waals surface area (Å²) in [7, 11) is -5.01. The summed E-state index contributed by atoms with van der Waals surface area (Å²) in [6, 6.07) is 29.7. The maximum absolute atomic E-state index is 14.0. The summed E-state index contributed by atoms with van der Waals surface area (Å²) >= 11 is 0. The highest BCUT2D eigenvalue weighted by atomic mass is 28.4. The van der Waals surface area contributed by atoms with Crippen LogP contribution in [0.4, 0.5) is 4.79 Å². The SMILES string of the molecule is C[C@H](O[Si](c1ccccc1)(c1ccccc1)C(C)(C)C)[C@@H]1[C@@H](N2C(=O)OC[C@@H]2c2ccccc2)C(=O)N1[Si](C)(C)C. The number of carbonyl (C=O) groups is 2. The number of nitrogens with zero attached hydrogens (tertiary/aromatic N) is 2. The van der Waals surface area contributed by atoms with Gasteiger partial charge in [-0.2, -0.15) is 0 Å². The lowest BCUT2D eigenvalue weighted by Gasteiger charge is -2.59. The molecule has 8 heteroatoms. The highest BCUT2D eigenvalue weighted by molar-refractivity contribution is 6.99. The lowest BCUT2D eigenvalue weighted by molar-refractivity contribution is -0.154. The van der Waals surface area contributed by atoms with Crippen LogP contribution in [0, 0.1) is 0 Å². The van der Waals surface area contributed by atoms with Gasteiger partial charge in [0.25, 0.3) is 8.32 Å². The molecule has 0 radical (unpaired) electrons. The first-order valence-electron chi connectivity index (χ1n) is 14.5. The molecule has 0 aromatic heterocycles. The Labute approximate surface area is 246 Å². The van der Waals surface area contributed by atoms with Gasteiger partial charge in [0.1, 0.15) is 12.6 Å². The Bertz CT molecular complexity index is 1330. The summed E-state index contributed by atoms with van der Waals surface area (Å²) in [5.41, 5.74) is 0.969. The van der Waals surface area contributed by atoms with Gasteiger partial charge in [0.2, 0.25) is 5.91 Å². The van der Waals surface area contributed by atoms with E-state index in [1.165, 1.54) is 10.4 Å². The quantitative estimate of drug-likeness (QED) is 0.256. The maximum atomic E-state index is 14.0. The minimum absolute atomic E-state index is 0.00755. The molecule has 216 valence electrons. The van der Waals surface area contributed by atoms with Crippen LogP contribution in [-0.4, -0.2) is 62.8 Å². The van der Waals surface area contributed by atoms with Crippen molar-refractivity contribution in [1.29, 1.82) is 0 Å². The number of benzene rings is 3. The van der Waals surface area contributed by atoms with Crippen LogP contribution in [0.1, 0.15) is 39.3 Å². The van der Waals surface area contributed by atoms with Crippen LogP contribution in [0.3, 0.4) is 0 Å². The predicted molar refractivity (Wildman–Crippen MR) is 168 cm³/mol. The van der Waals surface area contributed by atoms with Crippen molar-refractivity contribution in [2.75, 3.05) is 6.61 Å². The average Bonchev–Trinajstić information content (AvgIpc) is 3.30. The fraction of sp³-hybridized carbons (Fsp3) is 0.394. The van der Waals surface area contributed by atoms with E-state index in [1.54, 1.807) is 4.90 Å². The van der Waals surface area contributed by atoms with E-state index in [9.17, 15) is 9.59 Å². The van der Waals surface area contributed by atoms with Crippen molar-refractivity contribution in [3.63, 3.8) is 0 Å². The lowest BCUT2D eigenvalue weighted by Crippen LogP contribution is -2.80.